The number of aromatic nitrogens is 2. The Bertz CT molecular complexity index is 1440. The maximum absolute atomic E-state index is 13.9. The summed E-state index contributed by atoms with van der Waals surface area (Å²) in [5.74, 6) is 0.762. The fourth-order valence-corrected chi connectivity index (χ4v) is 5.59. The summed E-state index contributed by atoms with van der Waals surface area (Å²) in [7, 11) is 2.87. The normalized spacial score (nSPS) is 17.0. The Morgan fingerprint density at radius 3 is 2.51 bits per heavy atom. The topological polar surface area (TPSA) is 120 Å². The van der Waals surface area contributed by atoms with Crippen molar-refractivity contribution in [3.8, 4) is 17.0 Å². The highest BCUT2D eigenvalue weighted by Crippen LogP contribution is 2.34. The Labute approximate surface area is 246 Å². The lowest BCUT2D eigenvalue weighted by Crippen LogP contribution is -2.52. The summed E-state index contributed by atoms with van der Waals surface area (Å²) in [6.45, 7) is 4.85. The van der Waals surface area contributed by atoms with E-state index in [1.54, 1.807) is 28.0 Å². The lowest BCUT2D eigenvalue weighted by molar-refractivity contribution is -0.135. The number of halogens is 1. The van der Waals surface area contributed by atoms with Crippen LogP contribution < -0.4 is 10.1 Å². The number of urea groups is 1. The Morgan fingerprint density at radius 1 is 1.07 bits per heavy atom. The molecule has 1 saturated heterocycles. The molecule has 2 aliphatic rings. The van der Waals surface area contributed by atoms with E-state index >= 15 is 0 Å². The maximum atomic E-state index is 13.9. The molecule has 0 aliphatic carbocycles. The molecule has 5 rings (SSSR count). The molecule has 1 aromatic heterocycles. The zero-order valence-electron chi connectivity index (χ0n) is 23.4. The van der Waals surface area contributed by atoms with Crippen LogP contribution in [0.5, 0.6) is 5.75 Å². The second-order valence-electron chi connectivity index (χ2n) is 10.5. The van der Waals surface area contributed by atoms with Crippen LogP contribution in [0, 0.1) is 5.92 Å². The first-order valence-corrected chi connectivity index (χ1v) is 14.1. The molecule has 3 aromatic rings. The van der Waals surface area contributed by atoms with Gasteiger partial charge in [-0.3, -0.25) is 4.79 Å². The average Bonchev–Trinajstić information content (AvgIpc) is 3.73. The quantitative estimate of drug-likeness (QED) is 0.416. The maximum Gasteiger partial charge on any atom is 0.407 e. The lowest BCUT2D eigenvalue weighted by atomic mass is 10.0. The van der Waals surface area contributed by atoms with Gasteiger partial charge in [0.15, 0.2) is 0 Å². The Kier molecular flexibility index (Phi) is 8.20. The van der Waals surface area contributed by atoms with Crippen molar-refractivity contribution >= 4 is 34.0 Å². The van der Waals surface area contributed by atoms with E-state index in [9.17, 15) is 14.4 Å². The molecule has 3 heterocycles. The third-order valence-electron chi connectivity index (χ3n) is 7.53. The van der Waals surface area contributed by atoms with Gasteiger partial charge in [0.2, 0.25) is 5.91 Å². The number of hydrogen-bond donors (Lipinski definition) is 2. The molecule has 2 N–H and O–H groups in total. The largest absolute Gasteiger partial charge is 0.496 e. The van der Waals surface area contributed by atoms with Crippen molar-refractivity contribution in [2.45, 2.75) is 39.0 Å². The molecule has 0 saturated carbocycles. The van der Waals surface area contributed by atoms with Gasteiger partial charge >= 0.3 is 12.1 Å². The molecule has 216 valence electrons. The van der Waals surface area contributed by atoms with Gasteiger partial charge in [-0.2, -0.15) is 0 Å². The van der Waals surface area contributed by atoms with E-state index in [1.807, 2.05) is 56.3 Å². The Hall–Kier alpha value is -4.06. The van der Waals surface area contributed by atoms with Gasteiger partial charge in [0, 0.05) is 16.6 Å². The highest BCUT2D eigenvalue weighted by Gasteiger charge is 2.43. The number of fused-ring (bicyclic) bond motifs is 1. The van der Waals surface area contributed by atoms with E-state index in [0.29, 0.717) is 18.9 Å². The molecule has 0 spiro atoms. The van der Waals surface area contributed by atoms with E-state index in [1.165, 1.54) is 7.11 Å². The van der Waals surface area contributed by atoms with Crippen molar-refractivity contribution in [1.29, 1.82) is 0 Å². The molecule has 12 heteroatoms. The van der Waals surface area contributed by atoms with Crippen molar-refractivity contribution < 1.29 is 23.9 Å². The molecule has 11 nitrogen and oxygen atoms in total. The van der Waals surface area contributed by atoms with E-state index in [-0.39, 0.29) is 31.1 Å². The molecule has 2 atom stereocenters. The van der Waals surface area contributed by atoms with Gasteiger partial charge in [-0.1, -0.05) is 54.0 Å². The van der Waals surface area contributed by atoms with E-state index in [2.05, 4.69) is 31.2 Å². The van der Waals surface area contributed by atoms with Crippen LogP contribution in [0.1, 0.15) is 36.8 Å². The highest BCUT2D eigenvalue weighted by molar-refractivity contribution is 9.10. The summed E-state index contributed by atoms with van der Waals surface area (Å²) in [5.41, 5.74) is 3.75. The van der Waals surface area contributed by atoms with Crippen molar-refractivity contribution in [2.24, 2.45) is 5.92 Å². The van der Waals surface area contributed by atoms with Crippen molar-refractivity contribution in [3.05, 3.63) is 70.1 Å². The average molecular weight is 626 g/mol. The number of rotatable bonds is 6. The standard InChI is InChI=1S/C29H33BrN6O5/c1-17(2)25(33-28(38)41-4)27(37)36-16-35(29(39)34-13-19-6-5-7-24(40-3)21(19)14-34)15-23(36)26-31-12-22(32-26)18-8-10-20(30)11-9-18/h5-12,17,23,25H,13-16H2,1-4H3,(H,31,32)(H,33,38)/t23?,25-/m0/s1. The van der Waals surface area contributed by atoms with Crippen LogP contribution in [0.25, 0.3) is 11.3 Å². The van der Waals surface area contributed by atoms with E-state index in [0.717, 1.165) is 32.6 Å². The summed E-state index contributed by atoms with van der Waals surface area (Å²) >= 11 is 3.46. The van der Waals surface area contributed by atoms with Gasteiger partial charge < -0.3 is 34.5 Å². The smallest absolute Gasteiger partial charge is 0.407 e. The number of imidazole rings is 1. The fourth-order valence-electron chi connectivity index (χ4n) is 5.32. The number of aromatic amines is 1. The molecule has 1 fully saturated rings. The van der Waals surface area contributed by atoms with E-state index in [4.69, 9.17) is 9.47 Å². The molecule has 1 unspecified atom stereocenters. The molecule has 4 amide bonds. The van der Waals surface area contributed by atoms with Gasteiger partial charge in [-0.05, 0) is 35.2 Å². The zero-order chi connectivity index (χ0) is 29.3. The van der Waals surface area contributed by atoms with Crippen LogP contribution >= 0.6 is 15.9 Å². The predicted octanol–water partition coefficient (Wildman–Crippen LogP) is 4.51. The first-order valence-electron chi connectivity index (χ1n) is 13.3. The number of carbonyl (C=O) groups is 3. The summed E-state index contributed by atoms with van der Waals surface area (Å²) < 4.78 is 11.2. The number of H-pyrrole nitrogens is 1. The summed E-state index contributed by atoms with van der Waals surface area (Å²) in [5, 5.41) is 2.66. The molecular formula is C29H33BrN6O5. The van der Waals surface area contributed by atoms with Crippen LogP contribution in [0.15, 0.2) is 53.1 Å². The molecule has 2 aliphatic heterocycles. The number of carbonyl (C=O) groups excluding carboxylic acids is 3. The molecule has 2 aromatic carbocycles. The summed E-state index contributed by atoms with van der Waals surface area (Å²) in [4.78, 5) is 52.8. The highest BCUT2D eigenvalue weighted by atomic mass is 79.9. The lowest BCUT2D eigenvalue weighted by Gasteiger charge is -2.29. The fraction of sp³-hybridized carbons (Fsp3) is 0.379. The zero-order valence-corrected chi connectivity index (χ0v) is 25.0. The minimum absolute atomic E-state index is 0.0483. The van der Waals surface area contributed by atoms with Crippen LogP contribution in [0.3, 0.4) is 0 Å². The van der Waals surface area contributed by atoms with Crippen molar-refractivity contribution in [2.75, 3.05) is 27.4 Å². The summed E-state index contributed by atoms with van der Waals surface area (Å²) in [6, 6.07) is 12.0. The SMILES string of the molecule is COC(=O)N[C@H](C(=O)N1CN(C(=O)N2Cc3cccc(OC)c3C2)CC1c1ncc(-c2ccc(Br)cc2)[nH]1)C(C)C. The summed E-state index contributed by atoms with van der Waals surface area (Å²) in [6.07, 6.45) is 1.03. The van der Waals surface area contributed by atoms with Gasteiger partial charge in [0.05, 0.1) is 45.9 Å². The predicted molar refractivity (Wildman–Crippen MR) is 155 cm³/mol. The van der Waals surface area contributed by atoms with E-state index < -0.39 is 18.2 Å². The molecule has 0 bridgehead atoms. The van der Waals surface area contributed by atoms with Crippen molar-refractivity contribution in [3.63, 3.8) is 0 Å². The first-order chi connectivity index (χ1) is 19.7. The number of alkyl carbamates (subject to hydrolysis) is 1. The number of amides is 4. The Morgan fingerprint density at radius 2 is 1.83 bits per heavy atom. The van der Waals surface area contributed by atoms with Gasteiger partial charge in [0.25, 0.3) is 0 Å². The number of nitrogens with zero attached hydrogens (tertiary/aromatic N) is 4. The monoisotopic (exact) mass is 624 g/mol. The van der Waals surface area contributed by atoms with Gasteiger partial charge in [-0.15, -0.1) is 0 Å². The van der Waals surface area contributed by atoms with Crippen LogP contribution in [-0.4, -0.2) is 76.2 Å². The second-order valence-corrected chi connectivity index (χ2v) is 11.4. The molecular weight excluding hydrogens is 592 g/mol. The minimum atomic E-state index is -0.846. The Balaban J connectivity index is 1.42. The molecule has 41 heavy (non-hydrogen) atoms. The first kappa shape index (κ1) is 28.5. The number of hydrogen-bond acceptors (Lipinski definition) is 6. The third kappa shape index (κ3) is 5.74. The third-order valence-corrected chi connectivity index (χ3v) is 8.06. The second kappa shape index (κ2) is 11.8. The number of benzene rings is 2. The van der Waals surface area contributed by atoms with Gasteiger partial charge in [-0.25, -0.2) is 14.6 Å². The van der Waals surface area contributed by atoms with Crippen molar-refractivity contribution in [1.82, 2.24) is 30.0 Å². The molecule has 0 radical (unpaired) electrons. The van der Waals surface area contributed by atoms with Crippen LogP contribution in [-0.2, 0) is 22.6 Å². The van der Waals surface area contributed by atoms with Gasteiger partial charge in [0.1, 0.15) is 23.7 Å². The van der Waals surface area contributed by atoms with Crippen LogP contribution in [0.4, 0.5) is 9.59 Å². The number of nitrogens with one attached hydrogen (secondary N) is 2. The number of ether oxygens (including phenoxy) is 2. The minimum Gasteiger partial charge on any atom is -0.496 e. The number of methoxy groups -OCH3 is 2. The van der Waals surface area contributed by atoms with Crippen LogP contribution in [0.2, 0.25) is 0 Å².